The number of aromatic nitrogens is 3. The number of nitrogens with two attached hydrogens (primary N) is 2. The molecule has 0 saturated carbocycles. The van der Waals surface area contributed by atoms with Crippen LogP contribution in [0.5, 0.6) is 0 Å². The summed E-state index contributed by atoms with van der Waals surface area (Å²) in [6, 6.07) is 6.03. The zero-order valence-corrected chi connectivity index (χ0v) is 9.73. The molecule has 0 saturated heterocycles. The third-order valence-electron chi connectivity index (χ3n) is 2.30. The van der Waals surface area contributed by atoms with Crippen LogP contribution in [0.4, 0.5) is 23.5 Å². The van der Waals surface area contributed by atoms with E-state index in [0.717, 1.165) is 11.3 Å². The fourth-order valence-corrected chi connectivity index (χ4v) is 1.54. The Morgan fingerprint density at radius 2 is 1.65 bits per heavy atom. The summed E-state index contributed by atoms with van der Waals surface area (Å²) in [7, 11) is 0. The first-order chi connectivity index (χ1) is 8.04. The second kappa shape index (κ2) is 4.25. The zero-order chi connectivity index (χ0) is 12.4. The van der Waals surface area contributed by atoms with Gasteiger partial charge in [0, 0.05) is 5.69 Å². The highest BCUT2D eigenvalue weighted by molar-refractivity contribution is 5.59. The smallest absolute Gasteiger partial charge is 0.233 e. The van der Waals surface area contributed by atoms with Crippen LogP contribution in [-0.4, -0.2) is 15.0 Å². The van der Waals surface area contributed by atoms with Crippen LogP contribution in [0.1, 0.15) is 11.1 Å². The summed E-state index contributed by atoms with van der Waals surface area (Å²) in [5, 5.41) is 3.06. The monoisotopic (exact) mass is 230 g/mol. The molecular weight excluding hydrogens is 216 g/mol. The lowest BCUT2D eigenvalue weighted by atomic mass is 10.1. The highest BCUT2D eigenvalue weighted by atomic mass is 15.2. The predicted molar refractivity (Wildman–Crippen MR) is 67.9 cm³/mol. The zero-order valence-electron chi connectivity index (χ0n) is 9.73. The molecule has 17 heavy (non-hydrogen) atoms. The molecule has 2 aromatic rings. The summed E-state index contributed by atoms with van der Waals surface area (Å²) in [6.45, 7) is 4.04. The average Bonchev–Trinajstić information content (AvgIpc) is 2.21. The van der Waals surface area contributed by atoms with Gasteiger partial charge >= 0.3 is 0 Å². The van der Waals surface area contributed by atoms with Gasteiger partial charge in [-0.05, 0) is 25.5 Å². The van der Waals surface area contributed by atoms with Crippen LogP contribution in [0, 0.1) is 13.8 Å². The van der Waals surface area contributed by atoms with Crippen LogP contribution in [0.25, 0.3) is 0 Å². The van der Waals surface area contributed by atoms with E-state index >= 15 is 0 Å². The number of nitrogens with zero attached hydrogens (tertiary/aromatic N) is 3. The van der Waals surface area contributed by atoms with E-state index in [-0.39, 0.29) is 11.9 Å². The maximum absolute atomic E-state index is 5.49. The fourth-order valence-electron chi connectivity index (χ4n) is 1.54. The number of rotatable bonds is 2. The molecule has 0 atom stereocenters. The highest BCUT2D eigenvalue weighted by Gasteiger charge is 2.04. The highest BCUT2D eigenvalue weighted by Crippen LogP contribution is 2.19. The number of hydrogen-bond acceptors (Lipinski definition) is 6. The molecule has 0 aliphatic heterocycles. The minimum absolute atomic E-state index is 0.102. The maximum Gasteiger partial charge on any atom is 0.233 e. The van der Waals surface area contributed by atoms with Gasteiger partial charge in [-0.15, -0.1) is 0 Å². The molecule has 5 N–H and O–H groups in total. The van der Waals surface area contributed by atoms with Gasteiger partial charge in [0.2, 0.25) is 17.8 Å². The van der Waals surface area contributed by atoms with E-state index in [4.69, 9.17) is 11.5 Å². The number of anilines is 4. The number of nitrogens with one attached hydrogen (secondary N) is 1. The molecule has 0 bridgehead atoms. The van der Waals surface area contributed by atoms with Crippen LogP contribution in [0.2, 0.25) is 0 Å². The molecule has 0 spiro atoms. The van der Waals surface area contributed by atoms with Crippen molar-refractivity contribution in [2.45, 2.75) is 13.8 Å². The van der Waals surface area contributed by atoms with Crippen LogP contribution in [0.15, 0.2) is 18.2 Å². The van der Waals surface area contributed by atoms with Crippen molar-refractivity contribution in [2.75, 3.05) is 16.8 Å². The summed E-state index contributed by atoms with van der Waals surface area (Å²) in [5.74, 6) is 0.552. The molecular formula is C11H14N6. The largest absolute Gasteiger partial charge is 0.368 e. The molecule has 0 aliphatic rings. The summed E-state index contributed by atoms with van der Waals surface area (Å²) < 4.78 is 0. The van der Waals surface area contributed by atoms with Gasteiger partial charge in [-0.1, -0.05) is 17.7 Å². The quantitative estimate of drug-likeness (QED) is 0.720. The molecule has 1 aromatic carbocycles. The summed E-state index contributed by atoms with van der Waals surface area (Å²) in [4.78, 5) is 11.6. The minimum Gasteiger partial charge on any atom is -0.368 e. The van der Waals surface area contributed by atoms with E-state index in [1.807, 2.05) is 26.0 Å². The van der Waals surface area contributed by atoms with Gasteiger partial charge < -0.3 is 16.8 Å². The Kier molecular flexibility index (Phi) is 2.78. The summed E-state index contributed by atoms with van der Waals surface area (Å²) >= 11 is 0. The van der Waals surface area contributed by atoms with Crippen molar-refractivity contribution >= 4 is 23.5 Å². The predicted octanol–water partition coefficient (Wildman–Crippen LogP) is 1.40. The lowest BCUT2D eigenvalue weighted by molar-refractivity contribution is 1.08. The topological polar surface area (TPSA) is 103 Å². The van der Waals surface area contributed by atoms with E-state index in [1.165, 1.54) is 5.56 Å². The van der Waals surface area contributed by atoms with Crippen molar-refractivity contribution in [3.8, 4) is 0 Å². The fraction of sp³-hybridized carbons (Fsp3) is 0.182. The number of aryl methyl sites for hydroxylation is 2. The normalized spacial score (nSPS) is 10.2. The number of hydrogen-bond donors (Lipinski definition) is 3. The van der Waals surface area contributed by atoms with Crippen molar-refractivity contribution in [1.82, 2.24) is 15.0 Å². The van der Waals surface area contributed by atoms with Crippen molar-refractivity contribution in [3.05, 3.63) is 29.3 Å². The van der Waals surface area contributed by atoms with Crippen LogP contribution in [0.3, 0.4) is 0 Å². The second-order valence-electron chi connectivity index (χ2n) is 3.82. The third-order valence-corrected chi connectivity index (χ3v) is 2.30. The van der Waals surface area contributed by atoms with Gasteiger partial charge in [0.15, 0.2) is 0 Å². The number of nitrogen functional groups attached to an aromatic ring is 2. The van der Waals surface area contributed by atoms with E-state index < -0.39 is 0 Å². The van der Waals surface area contributed by atoms with Crippen LogP contribution < -0.4 is 16.8 Å². The lowest BCUT2D eigenvalue weighted by Gasteiger charge is -2.09. The van der Waals surface area contributed by atoms with Gasteiger partial charge in [0.25, 0.3) is 0 Å². The SMILES string of the molecule is Cc1ccc(Nc2nc(N)nc(N)n2)c(C)c1. The molecule has 6 nitrogen and oxygen atoms in total. The first-order valence-electron chi connectivity index (χ1n) is 5.16. The molecule has 1 heterocycles. The first-order valence-corrected chi connectivity index (χ1v) is 5.16. The Morgan fingerprint density at radius 1 is 1.00 bits per heavy atom. The molecule has 0 unspecified atom stereocenters. The minimum atomic E-state index is 0.102. The summed E-state index contributed by atoms with van der Waals surface area (Å²) in [6.07, 6.45) is 0. The van der Waals surface area contributed by atoms with Crippen LogP contribution in [-0.2, 0) is 0 Å². The Labute approximate surface area is 99.1 Å². The molecule has 0 amide bonds. The van der Waals surface area contributed by atoms with Gasteiger partial charge in [-0.25, -0.2) is 0 Å². The lowest BCUT2D eigenvalue weighted by Crippen LogP contribution is -2.07. The van der Waals surface area contributed by atoms with Crippen molar-refractivity contribution < 1.29 is 0 Å². The van der Waals surface area contributed by atoms with Gasteiger partial charge in [-0.2, -0.15) is 15.0 Å². The van der Waals surface area contributed by atoms with E-state index in [1.54, 1.807) is 0 Å². The molecule has 2 rings (SSSR count). The second-order valence-corrected chi connectivity index (χ2v) is 3.82. The Morgan fingerprint density at radius 3 is 2.24 bits per heavy atom. The Balaban J connectivity index is 2.31. The summed E-state index contributed by atoms with van der Waals surface area (Å²) in [5.41, 5.74) is 14.2. The van der Waals surface area contributed by atoms with Crippen molar-refractivity contribution in [3.63, 3.8) is 0 Å². The molecule has 88 valence electrons. The molecule has 0 fully saturated rings. The Bertz CT molecular complexity index is 531. The maximum atomic E-state index is 5.49. The molecule has 0 radical (unpaired) electrons. The van der Waals surface area contributed by atoms with Crippen molar-refractivity contribution in [2.24, 2.45) is 0 Å². The molecule has 0 aliphatic carbocycles. The van der Waals surface area contributed by atoms with Crippen LogP contribution >= 0.6 is 0 Å². The third kappa shape index (κ3) is 2.60. The molecule has 6 heteroatoms. The van der Waals surface area contributed by atoms with E-state index in [9.17, 15) is 0 Å². The standard InChI is InChI=1S/C11H14N6/c1-6-3-4-8(7(2)5-6)14-11-16-9(12)15-10(13)17-11/h3-5H,1-2H3,(H5,12,13,14,15,16,17). The van der Waals surface area contributed by atoms with Gasteiger partial charge in [-0.3, -0.25) is 0 Å². The number of benzene rings is 1. The first kappa shape index (κ1) is 11.1. The Hall–Kier alpha value is -2.37. The average molecular weight is 230 g/mol. The van der Waals surface area contributed by atoms with Gasteiger partial charge in [0.05, 0.1) is 0 Å². The molecule has 1 aromatic heterocycles. The van der Waals surface area contributed by atoms with Crippen molar-refractivity contribution in [1.29, 1.82) is 0 Å². The van der Waals surface area contributed by atoms with Gasteiger partial charge in [0.1, 0.15) is 0 Å². The van der Waals surface area contributed by atoms with E-state index in [0.29, 0.717) is 5.95 Å². The van der Waals surface area contributed by atoms with E-state index in [2.05, 4.69) is 26.3 Å².